The van der Waals surface area contributed by atoms with Crippen molar-refractivity contribution in [1.82, 2.24) is 10.2 Å². The van der Waals surface area contributed by atoms with Crippen molar-refractivity contribution in [3.63, 3.8) is 0 Å². The minimum absolute atomic E-state index is 0.0641. The van der Waals surface area contributed by atoms with Crippen molar-refractivity contribution in [1.29, 1.82) is 0 Å². The van der Waals surface area contributed by atoms with E-state index in [0.717, 1.165) is 32.5 Å². The van der Waals surface area contributed by atoms with Crippen LogP contribution in [0.4, 0.5) is 0 Å². The van der Waals surface area contributed by atoms with Gasteiger partial charge < -0.3 is 10.2 Å². The van der Waals surface area contributed by atoms with Crippen LogP contribution < -0.4 is 5.32 Å². The average Bonchev–Trinajstić information content (AvgIpc) is 2.91. The number of hydrogen-bond acceptors (Lipinski definition) is 3. The molecule has 1 aromatic heterocycles. The van der Waals surface area contributed by atoms with Gasteiger partial charge >= 0.3 is 0 Å². The van der Waals surface area contributed by atoms with Gasteiger partial charge in [0, 0.05) is 23.9 Å². The molecule has 19 heavy (non-hydrogen) atoms. The Morgan fingerprint density at radius 2 is 2.37 bits per heavy atom. The molecule has 2 heterocycles. The van der Waals surface area contributed by atoms with Crippen molar-refractivity contribution in [2.45, 2.75) is 39.7 Å². The maximum absolute atomic E-state index is 12.6. The van der Waals surface area contributed by atoms with Crippen LogP contribution in [0.3, 0.4) is 0 Å². The molecule has 0 radical (unpaired) electrons. The maximum Gasteiger partial charge on any atom is 0.227 e. The number of rotatable bonds is 5. The van der Waals surface area contributed by atoms with Gasteiger partial charge in [0.2, 0.25) is 5.91 Å². The van der Waals surface area contributed by atoms with Crippen LogP contribution in [-0.2, 0) is 11.2 Å². The Balaban J connectivity index is 2.10. The summed E-state index contributed by atoms with van der Waals surface area (Å²) in [6.07, 6.45) is 2.02. The number of carbonyl (C=O) groups excluding carboxylic acids is 1. The van der Waals surface area contributed by atoms with E-state index < -0.39 is 0 Å². The van der Waals surface area contributed by atoms with E-state index in [4.69, 9.17) is 0 Å². The predicted molar refractivity (Wildman–Crippen MR) is 80.5 cm³/mol. The van der Waals surface area contributed by atoms with E-state index in [9.17, 15) is 4.79 Å². The van der Waals surface area contributed by atoms with Crippen molar-refractivity contribution in [3.05, 3.63) is 21.9 Å². The van der Waals surface area contributed by atoms with Gasteiger partial charge in [-0.25, -0.2) is 0 Å². The molecule has 1 aliphatic rings. The van der Waals surface area contributed by atoms with Crippen LogP contribution in [0.2, 0.25) is 0 Å². The lowest BCUT2D eigenvalue weighted by molar-refractivity contribution is -0.138. The minimum Gasteiger partial charge on any atom is -0.335 e. The number of amides is 1. The van der Waals surface area contributed by atoms with E-state index in [0.29, 0.717) is 5.91 Å². The summed E-state index contributed by atoms with van der Waals surface area (Å²) in [5.41, 5.74) is 1.38. The molecule has 106 valence electrons. The van der Waals surface area contributed by atoms with E-state index in [1.54, 1.807) is 0 Å². The third-order valence-electron chi connectivity index (χ3n) is 3.89. The highest BCUT2D eigenvalue weighted by Crippen LogP contribution is 2.35. The molecule has 4 heteroatoms. The molecule has 2 atom stereocenters. The predicted octanol–water partition coefficient (Wildman–Crippen LogP) is 2.83. The Morgan fingerprint density at radius 3 is 3.05 bits per heavy atom. The van der Waals surface area contributed by atoms with Crippen molar-refractivity contribution < 1.29 is 4.79 Å². The zero-order valence-electron chi connectivity index (χ0n) is 12.1. The van der Waals surface area contributed by atoms with E-state index in [2.05, 4.69) is 35.5 Å². The quantitative estimate of drug-likeness (QED) is 0.899. The summed E-state index contributed by atoms with van der Waals surface area (Å²) in [5, 5.41) is 5.43. The van der Waals surface area contributed by atoms with Gasteiger partial charge in [-0.15, -0.1) is 11.3 Å². The van der Waals surface area contributed by atoms with Crippen LogP contribution in [0, 0.1) is 5.92 Å². The first-order valence-corrected chi connectivity index (χ1v) is 8.14. The SMILES string of the molecule is CCNCC(C)C(=O)N1CCc2sccc2C1CC. The van der Waals surface area contributed by atoms with Crippen molar-refractivity contribution in [2.24, 2.45) is 5.92 Å². The van der Waals surface area contributed by atoms with E-state index in [1.807, 2.05) is 18.3 Å². The van der Waals surface area contributed by atoms with E-state index >= 15 is 0 Å². The Kier molecular flexibility index (Phi) is 4.99. The molecule has 2 unspecified atom stereocenters. The lowest BCUT2D eigenvalue weighted by atomic mass is 9.96. The summed E-state index contributed by atoms with van der Waals surface area (Å²) < 4.78 is 0. The molecule has 1 amide bonds. The van der Waals surface area contributed by atoms with Crippen LogP contribution in [0.25, 0.3) is 0 Å². The number of thiophene rings is 1. The Bertz CT molecular complexity index is 430. The lowest BCUT2D eigenvalue weighted by Crippen LogP contribution is -2.44. The third-order valence-corrected chi connectivity index (χ3v) is 4.88. The fourth-order valence-corrected chi connectivity index (χ4v) is 3.76. The maximum atomic E-state index is 12.6. The molecular weight excluding hydrogens is 256 g/mol. The second-order valence-electron chi connectivity index (χ2n) is 5.21. The van der Waals surface area contributed by atoms with Crippen LogP contribution in [0.1, 0.15) is 43.7 Å². The van der Waals surface area contributed by atoms with Gasteiger partial charge in [-0.1, -0.05) is 20.8 Å². The topological polar surface area (TPSA) is 32.3 Å². The summed E-state index contributed by atoms with van der Waals surface area (Å²) in [4.78, 5) is 16.2. The normalized spacial score (nSPS) is 20.2. The summed E-state index contributed by atoms with van der Waals surface area (Å²) in [6.45, 7) is 8.85. The highest BCUT2D eigenvalue weighted by molar-refractivity contribution is 7.10. The van der Waals surface area contributed by atoms with Crippen LogP contribution in [-0.4, -0.2) is 30.4 Å². The van der Waals surface area contributed by atoms with Crippen LogP contribution >= 0.6 is 11.3 Å². The molecule has 0 fully saturated rings. The first-order chi connectivity index (χ1) is 9.19. The number of hydrogen-bond donors (Lipinski definition) is 1. The second kappa shape index (κ2) is 6.53. The van der Waals surface area contributed by atoms with Gasteiger partial charge in [0.15, 0.2) is 0 Å². The number of carbonyl (C=O) groups is 1. The average molecular weight is 280 g/mol. The Hall–Kier alpha value is -0.870. The zero-order chi connectivity index (χ0) is 13.8. The standard InChI is InChI=1S/C15H24N2OS/c1-4-13-12-7-9-19-14(12)6-8-17(13)15(18)11(3)10-16-5-2/h7,9,11,13,16H,4-6,8,10H2,1-3H3. The number of fused-ring (bicyclic) bond motifs is 1. The van der Waals surface area contributed by atoms with Crippen LogP contribution in [0.15, 0.2) is 11.4 Å². The highest BCUT2D eigenvalue weighted by Gasteiger charge is 2.32. The van der Waals surface area contributed by atoms with Gasteiger partial charge in [0.05, 0.1) is 6.04 Å². The van der Waals surface area contributed by atoms with Crippen LogP contribution in [0.5, 0.6) is 0 Å². The highest BCUT2D eigenvalue weighted by atomic mass is 32.1. The molecule has 0 aliphatic carbocycles. The molecule has 0 saturated carbocycles. The fraction of sp³-hybridized carbons (Fsp3) is 0.667. The first kappa shape index (κ1) is 14.5. The van der Waals surface area contributed by atoms with Gasteiger partial charge in [0.25, 0.3) is 0 Å². The summed E-state index contributed by atoms with van der Waals surface area (Å²) in [6, 6.07) is 2.48. The van der Waals surface area contributed by atoms with Crippen molar-refractivity contribution in [2.75, 3.05) is 19.6 Å². The second-order valence-corrected chi connectivity index (χ2v) is 6.21. The number of nitrogens with zero attached hydrogens (tertiary/aromatic N) is 1. The smallest absolute Gasteiger partial charge is 0.227 e. The number of nitrogens with one attached hydrogen (secondary N) is 1. The molecular formula is C15H24N2OS. The monoisotopic (exact) mass is 280 g/mol. The molecule has 1 aliphatic heterocycles. The summed E-state index contributed by atoms with van der Waals surface area (Å²) in [7, 11) is 0. The van der Waals surface area contributed by atoms with E-state index in [1.165, 1.54) is 10.4 Å². The molecule has 0 spiro atoms. The molecule has 2 rings (SSSR count). The zero-order valence-corrected chi connectivity index (χ0v) is 12.9. The van der Waals surface area contributed by atoms with Crippen molar-refractivity contribution >= 4 is 17.2 Å². The molecule has 3 nitrogen and oxygen atoms in total. The molecule has 0 bridgehead atoms. The van der Waals surface area contributed by atoms with Gasteiger partial charge in [-0.05, 0) is 36.4 Å². The van der Waals surface area contributed by atoms with E-state index in [-0.39, 0.29) is 12.0 Å². The third kappa shape index (κ3) is 3.00. The Labute approximate surface area is 120 Å². The largest absolute Gasteiger partial charge is 0.335 e. The lowest BCUT2D eigenvalue weighted by Gasteiger charge is -2.37. The summed E-state index contributed by atoms with van der Waals surface area (Å²) in [5.74, 6) is 0.360. The van der Waals surface area contributed by atoms with Gasteiger partial charge in [0.1, 0.15) is 0 Å². The fourth-order valence-electron chi connectivity index (χ4n) is 2.83. The first-order valence-electron chi connectivity index (χ1n) is 7.26. The molecule has 0 saturated heterocycles. The summed E-state index contributed by atoms with van der Waals surface area (Å²) >= 11 is 1.83. The molecule has 0 aromatic carbocycles. The Morgan fingerprint density at radius 1 is 1.58 bits per heavy atom. The van der Waals surface area contributed by atoms with Gasteiger partial charge in [-0.2, -0.15) is 0 Å². The molecule has 1 N–H and O–H groups in total. The minimum atomic E-state index is 0.0641. The molecule has 1 aromatic rings. The van der Waals surface area contributed by atoms with Crippen molar-refractivity contribution in [3.8, 4) is 0 Å². The van der Waals surface area contributed by atoms with Gasteiger partial charge in [-0.3, -0.25) is 4.79 Å².